The Bertz CT molecular complexity index is 766. The van der Waals surface area contributed by atoms with Crippen LogP contribution < -0.4 is 5.32 Å². The van der Waals surface area contributed by atoms with Crippen LogP contribution >= 0.6 is 0 Å². The molecule has 0 radical (unpaired) electrons. The molecule has 1 N–H and O–H groups in total. The van der Waals surface area contributed by atoms with Crippen LogP contribution in [0.2, 0.25) is 0 Å². The molecular formula is C16H13N3O2. The molecule has 1 amide bonds. The van der Waals surface area contributed by atoms with Crippen LogP contribution in [0.4, 0.5) is 5.82 Å². The maximum absolute atomic E-state index is 12.2. The number of nitrogens with zero attached hydrogens (tertiary/aromatic N) is 2. The van der Waals surface area contributed by atoms with Gasteiger partial charge in [-0.2, -0.15) is 0 Å². The number of rotatable bonds is 3. The fourth-order valence-corrected chi connectivity index (χ4v) is 2.02. The lowest BCUT2D eigenvalue weighted by Crippen LogP contribution is -2.12. The van der Waals surface area contributed by atoms with Crippen LogP contribution in [0.5, 0.6) is 0 Å². The zero-order valence-corrected chi connectivity index (χ0v) is 11.4. The predicted molar refractivity (Wildman–Crippen MR) is 78.9 cm³/mol. The number of hydrogen-bond donors (Lipinski definition) is 1. The van der Waals surface area contributed by atoms with Crippen molar-refractivity contribution in [1.82, 2.24) is 10.3 Å². The summed E-state index contributed by atoms with van der Waals surface area (Å²) < 4.78 is 4.75. The Hall–Kier alpha value is -2.95. The Morgan fingerprint density at radius 2 is 1.86 bits per heavy atom. The third kappa shape index (κ3) is 2.81. The molecular weight excluding hydrogens is 266 g/mol. The Morgan fingerprint density at radius 3 is 2.62 bits per heavy atom. The maximum atomic E-state index is 12.2. The molecule has 0 saturated carbocycles. The predicted octanol–water partition coefficient (Wildman–Crippen LogP) is 3.30. The first-order chi connectivity index (χ1) is 10.2. The van der Waals surface area contributed by atoms with Gasteiger partial charge in [-0.3, -0.25) is 4.79 Å². The van der Waals surface area contributed by atoms with Gasteiger partial charge < -0.3 is 5.32 Å². The van der Waals surface area contributed by atoms with E-state index in [2.05, 4.69) is 15.6 Å². The van der Waals surface area contributed by atoms with Crippen molar-refractivity contribution < 1.29 is 9.42 Å². The number of benzene rings is 2. The fraction of sp³-hybridized carbons (Fsp3) is 0.0625. The number of carbonyl (C=O) groups is 1. The van der Waals surface area contributed by atoms with Gasteiger partial charge in [-0.15, -0.1) is 0 Å². The Kier molecular flexibility index (Phi) is 3.47. The Labute approximate surface area is 121 Å². The lowest BCUT2D eigenvalue weighted by Gasteiger charge is -2.04. The monoisotopic (exact) mass is 279 g/mol. The van der Waals surface area contributed by atoms with Gasteiger partial charge in [-0.1, -0.05) is 48.0 Å². The van der Waals surface area contributed by atoms with Crippen LogP contribution in [0.3, 0.4) is 0 Å². The molecule has 0 bridgehead atoms. The van der Waals surface area contributed by atoms with Gasteiger partial charge in [0.05, 0.1) is 0 Å². The van der Waals surface area contributed by atoms with Gasteiger partial charge >= 0.3 is 0 Å². The van der Waals surface area contributed by atoms with E-state index < -0.39 is 0 Å². The van der Waals surface area contributed by atoms with Crippen LogP contribution in [0, 0.1) is 6.92 Å². The van der Waals surface area contributed by atoms with E-state index in [1.807, 2.05) is 55.5 Å². The second-order valence-corrected chi connectivity index (χ2v) is 4.65. The molecule has 1 aromatic heterocycles. The van der Waals surface area contributed by atoms with Gasteiger partial charge in [0.1, 0.15) is 0 Å². The molecule has 0 spiro atoms. The number of nitrogens with one attached hydrogen (secondary N) is 1. The van der Waals surface area contributed by atoms with Crippen molar-refractivity contribution in [3.8, 4) is 11.3 Å². The van der Waals surface area contributed by atoms with Crippen LogP contribution in [-0.4, -0.2) is 16.2 Å². The van der Waals surface area contributed by atoms with Crippen LogP contribution in [0.1, 0.15) is 15.9 Å². The summed E-state index contributed by atoms with van der Waals surface area (Å²) in [5.74, 6) is 0.0688. The molecule has 1 heterocycles. The summed E-state index contributed by atoms with van der Waals surface area (Å²) in [7, 11) is 0. The summed E-state index contributed by atoms with van der Waals surface area (Å²) in [6.45, 7) is 1.93. The average molecular weight is 279 g/mol. The van der Waals surface area contributed by atoms with E-state index in [-0.39, 0.29) is 5.91 Å². The second-order valence-electron chi connectivity index (χ2n) is 4.65. The number of aromatic nitrogens is 2. The van der Waals surface area contributed by atoms with Gasteiger partial charge in [-0.05, 0) is 29.4 Å². The van der Waals surface area contributed by atoms with Gasteiger partial charge in [0, 0.05) is 11.1 Å². The summed E-state index contributed by atoms with van der Waals surface area (Å²) in [6, 6.07) is 16.8. The summed E-state index contributed by atoms with van der Waals surface area (Å²) in [6.07, 6.45) is 0. The molecule has 3 aromatic rings. The smallest absolute Gasteiger partial charge is 0.256 e. The van der Waals surface area contributed by atoms with Crippen LogP contribution in [0.25, 0.3) is 11.3 Å². The first-order valence-corrected chi connectivity index (χ1v) is 6.50. The first kappa shape index (κ1) is 13.1. The zero-order valence-electron chi connectivity index (χ0n) is 11.4. The SMILES string of the molecule is Cc1cccc(C(=O)Nc2nonc2-c2ccccc2)c1. The van der Waals surface area contributed by atoms with Crippen molar-refractivity contribution in [2.75, 3.05) is 5.32 Å². The molecule has 21 heavy (non-hydrogen) atoms. The van der Waals surface area contributed by atoms with E-state index in [9.17, 15) is 4.79 Å². The molecule has 104 valence electrons. The fourth-order valence-electron chi connectivity index (χ4n) is 2.02. The van der Waals surface area contributed by atoms with Crippen molar-refractivity contribution in [1.29, 1.82) is 0 Å². The topological polar surface area (TPSA) is 68.0 Å². The summed E-state index contributed by atoms with van der Waals surface area (Å²) in [4.78, 5) is 12.2. The minimum atomic E-state index is -0.244. The molecule has 0 atom stereocenters. The van der Waals surface area contributed by atoms with Crippen molar-refractivity contribution in [3.05, 3.63) is 65.7 Å². The minimum absolute atomic E-state index is 0.244. The minimum Gasteiger partial charge on any atom is -0.302 e. The van der Waals surface area contributed by atoms with Gasteiger partial charge in [0.15, 0.2) is 5.69 Å². The van der Waals surface area contributed by atoms with Gasteiger partial charge in [-0.25, -0.2) is 4.63 Å². The summed E-state index contributed by atoms with van der Waals surface area (Å²) in [5.41, 5.74) is 2.93. The Balaban J connectivity index is 1.87. The molecule has 3 rings (SSSR count). The van der Waals surface area contributed by atoms with E-state index in [1.54, 1.807) is 6.07 Å². The van der Waals surface area contributed by atoms with Crippen molar-refractivity contribution >= 4 is 11.7 Å². The molecule has 5 heteroatoms. The van der Waals surface area contributed by atoms with Crippen molar-refractivity contribution in [3.63, 3.8) is 0 Å². The molecule has 5 nitrogen and oxygen atoms in total. The molecule has 0 unspecified atom stereocenters. The number of aryl methyl sites for hydroxylation is 1. The largest absolute Gasteiger partial charge is 0.302 e. The van der Waals surface area contributed by atoms with Crippen molar-refractivity contribution in [2.45, 2.75) is 6.92 Å². The highest BCUT2D eigenvalue weighted by atomic mass is 16.6. The highest BCUT2D eigenvalue weighted by Gasteiger charge is 2.15. The maximum Gasteiger partial charge on any atom is 0.256 e. The number of anilines is 1. The molecule has 0 fully saturated rings. The highest BCUT2D eigenvalue weighted by molar-refractivity contribution is 6.05. The lowest BCUT2D eigenvalue weighted by atomic mass is 10.1. The van der Waals surface area contributed by atoms with E-state index in [1.165, 1.54) is 0 Å². The molecule has 2 aromatic carbocycles. The Morgan fingerprint density at radius 1 is 1.05 bits per heavy atom. The van der Waals surface area contributed by atoms with Gasteiger partial charge in [0.25, 0.3) is 5.91 Å². The third-order valence-corrected chi connectivity index (χ3v) is 3.05. The van der Waals surface area contributed by atoms with Crippen molar-refractivity contribution in [2.24, 2.45) is 0 Å². The third-order valence-electron chi connectivity index (χ3n) is 3.05. The van der Waals surface area contributed by atoms with E-state index in [0.717, 1.165) is 11.1 Å². The number of amides is 1. The lowest BCUT2D eigenvalue weighted by molar-refractivity contribution is 0.102. The van der Waals surface area contributed by atoms with Crippen LogP contribution in [0.15, 0.2) is 59.2 Å². The zero-order chi connectivity index (χ0) is 14.7. The number of hydrogen-bond acceptors (Lipinski definition) is 4. The molecule has 0 aliphatic carbocycles. The van der Waals surface area contributed by atoms with E-state index >= 15 is 0 Å². The van der Waals surface area contributed by atoms with E-state index in [4.69, 9.17) is 4.63 Å². The normalized spacial score (nSPS) is 10.3. The van der Waals surface area contributed by atoms with Gasteiger partial charge in [0.2, 0.25) is 5.82 Å². The average Bonchev–Trinajstić information content (AvgIpc) is 2.96. The second kappa shape index (κ2) is 5.58. The van der Waals surface area contributed by atoms with E-state index in [0.29, 0.717) is 17.1 Å². The quantitative estimate of drug-likeness (QED) is 0.798. The summed E-state index contributed by atoms with van der Waals surface area (Å²) >= 11 is 0. The molecule has 0 saturated heterocycles. The summed E-state index contributed by atoms with van der Waals surface area (Å²) in [5, 5.41) is 10.3. The standard InChI is InChI=1S/C16H13N3O2/c1-11-6-5-9-13(10-11)16(20)17-15-14(18-21-19-15)12-7-3-2-4-8-12/h2-10H,1H3,(H,17,19,20). The first-order valence-electron chi connectivity index (χ1n) is 6.50. The van der Waals surface area contributed by atoms with Crippen LogP contribution in [-0.2, 0) is 0 Å². The molecule has 0 aliphatic heterocycles. The number of carbonyl (C=O) groups excluding carboxylic acids is 1. The molecule has 0 aliphatic rings. The highest BCUT2D eigenvalue weighted by Crippen LogP contribution is 2.24.